The summed E-state index contributed by atoms with van der Waals surface area (Å²) in [5.41, 5.74) is 8.91. The molecule has 0 aliphatic rings. The fourth-order valence-electron chi connectivity index (χ4n) is 1.78. The van der Waals surface area contributed by atoms with Gasteiger partial charge in [0, 0.05) is 20.7 Å². The van der Waals surface area contributed by atoms with Crippen LogP contribution < -0.4 is 5.73 Å². The zero-order valence-electron chi connectivity index (χ0n) is 11.0. The van der Waals surface area contributed by atoms with Crippen LogP contribution in [0.15, 0.2) is 57.0 Å². The molecule has 3 nitrogen and oxygen atoms in total. The van der Waals surface area contributed by atoms with Gasteiger partial charge < -0.3 is 10.9 Å². The fourth-order valence-corrected chi connectivity index (χ4v) is 3.53. The van der Waals surface area contributed by atoms with Gasteiger partial charge in [0.1, 0.15) is 0 Å². The summed E-state index contributed by atoms with van der Waals surface area (Å²) in [6.45, 7) is 2.12. The molecule has 0 amide bonds. The molecule has 0 radical (unpaired) electrons. The Kier molecular flexibility index (Phi) is 5.09. The molecular formula is C15H15BrN2OS. The molecule has 0 aliphatic carbocycles. The number of nitrogens with zero attached hydrogens (tertiary/aromatic N) is 1. The lowest BCUT2D eigenvalue weighted by molar-refractivity contribution is 0.318. The third kappa shape index (κ3) is 3.55. The molecular weight excluding hydrogens is 336 g/mol. The zero-order valence-corrected chi connectivity index (χ0v) is 13.4. The molecule has 0 fully saturated rings. The number of benzene rings is 2. The first-order chi connectivity index (χ1) is 9.61. The molecule has 20 heavy (non-hydrogen) atoms. The quantitative estimate of drug-likeness (QED) is 0.286. The summed E-state index contributed by atoms with van der Waals surface area (Å²) >= 11 is 5.20. The molecule has 0 aromatic heterocycles. The van der Waals surface area contributed by atoms with Crippen LogP contribution in [-0.4, -0.2) is 11.0 Å². The lowest BCUT2D eigenvalue weighted by Crippen LogP contribution is -2.13. The van der Waals surface area contributed by atoms with Crippen molar-refractivity contribution >= 4 is 33.5 Å². The normalized spacial score (nSPS) is 11.6. The van der Waals surface area contributed by atoms with Crippen molar-refractivity contribution in [1.82, 2.24) is 0 Å². The highest BCUT2D eigenvalue weighted by molar-refractivity contribution is 9.10. The molecule has 0 atom stereocenters. The Morgan fingerprint density at radius 2 is 2.05 bits per heavy atom. The van der Waals surface area contributed by atoms with Gasteiger partial charge in [-0.25, -0.2) is 0 Å². The Hall–Kier alpha value is -1.46. The van der Waals surface area contributed by atoms with E-state index in [1.165, 1.54) is 11.1 Å². The smallest absolute Gasteiger partial charge is 0.171 e. The number of thioether (sulfide) groups is 1. The van der Waals surface area contributed by atoms with E-state index in [0.717, 1.165) is 15.1 Å². The van der Waals surface area contributed by atoms with Crippen molar-refractivity contribution in [2.45, 2.75) is 17.6 Å². The number of nitrogens with two attached hydrogens (primary N) is 1. The number of hydrogen-bond acceptors (Lipinski definition) is 3. The standard InChI is InChI=1S/C15H15BrN2OS/c1-10-4-2-3-5-11(10)9-20-12-6-7-13(14(16)8-12)15(17)18-19/h2-8,19H,9H2,1H3,(H2,17,18). The van der Waals surface area contributed by atoms with Crippen LogP contribution in [0.25, 0.3) is 0 Å². The van der Waals surface area contributed by atoms with Crippen LogP contribution in [0, 0.1) is 6.92 Å². The summed E-state index contributed by atoms with van der Waals surface area (Å²) in [5.74, 6) is 1.02. The van der Waals surface area contributed by atoms with Crippen molar-refractivity contribution in [1.29, 1.82) is 0 Å². The Morgan fingerprint density at radius 3 is 2.70 bits per heavy atom. The van der Waals surface area contributed by atoms with Crippen molar-refractivity contribution in [3.63, 3.8) is 0 Å². The molecule has 0 unspecified atom stereocenters. The first-order valence-corrected chi connectivity index (χ1v) is 7.84. The number of amidine groups is 1. The molecule has 3 N–H and O–H groups in total. The topological polar surface area (TPSA) is 58.6 Å². The van der Waals surface area contributed by atoms with E-state index in [-0.39, 0.29) is 5.84 Å². The second-order valence-electron chi connectivity index (χ2n) is 4.34. The SMILES string of the molecule is Cc1ccccc1CSc1ccc(/C(N)=N/O)c(Br)c1. The van der Waals surface area contributed by atoms with Gasteiger partial charge in [-0.1, -0.05) is 29.4 Å². The van der Waals surface area contributed by atoms with E-state index in [9.17, 15) is 0 Å². The Balaban J connectivity index is 2.12. The van der Waals surface area contributed by atoms with E-state index in [2.05, 4.69) is 46.2 Å². The van der Waals surface area contributed by atoms with Gasteiger partial charge in [0.25, 0.3) is 0 Å². The van der Waals surface area contributed by atoms with Gasteiger partial charge in [-0.2, -0.15) is 0 Å². The first-order valence-electron chi connectivity index (χ1n) is 6.06. The van der Waals surface area contributed by atoms with Crippen LogP contribution >= 0.6 is 27.7 Å². The Labute approximate surface area is 131 Å². The maximum Gasteiger partial charge on any atom is 0.171 e. The highest BCUT2D eigenvalue weighted by Crippen LogP contribution is 2.28. The lowest BCUT2D eigenvalue weighted by Gasteiger charge is -2.08. The van der Waals surface area contributed by atoms with Crippen molar-refractivity contribution in [2.75, 3.05) is 0 Å². The average molecular weight is 351 g/mol. The average Bonchev–Trinajstić information content (AvgIpc) is 2.46. The highest BCUT2D eigenvalue weighted by atomic mass is 79.9. The minimum absolute atomic E-state index is 0.104. The van der Waals surface area contributed by atoms with E-state index < -0.39 is 0 Å². The van der Waals surface area contributed by atoms with E-state index >= 15 is 0 Å². The predicted octanol–water partition coefficient (Wildman–Crippen LogP) is 4.14. The van der Waals surface area contributed by atoms with Gasteiger partial charge >= 0.3 is 0 Å². The Morgan fingerprint density at radius 1 is 1.30 bits per heavy atom. The molecule has 0 saturated heterocycles. The number of rotatable bonds is 4. The molecule has 0 heterocycles. The van der Waals surface area contributed by atoms with Crippen molar-refractivity contribution < 1.29 is 5.21 Å². The maximum absolute atomic E-state index is 8.70. The number of halogens is 1. The summed E-state index contributed by atoms with van der Waals surface area (Å²) in [6.07, 6.45) is 0. The first kappa shape index (κ1) is 14.9. The minimum atomic E-state index is 0.104. The lowest BCUT2D eigenvalue weighted by atomic mass is 10.1. The molecule has 2 aromatic carbocycles. The van der Waals surface area contributed by atoms with Gasteiger partial charge in [0.2, 0.25) is 0 Å². The number of oxime groups is 1. The molecule has 0 bridgehead atoms. The largest absolute Gasteiger partial charge is 0.409 e. The molecule has 0 spiro atoms. The number of hydrogen-bond donors (Lipinski definition) is 2. The third-order valence-corrected chi connectivity index (χ3v) is 4.68. The Bertz CT molecular complexity index is 644. The third-order valence-electron chi connectivity index (χ3n) is 2.98. The molecule has 0 saturated carbocycles. The van der Waals surface area contributed by atoms with Crippen LogP contribution in [0.1, 0.15) is 16.7 Å². The van der Waals surface area contributed by atoms with Gasteiger partial charge in [-0.3, -0.25) is 0 Å². The van der Waals surface area contributed by atoms with E-state index in [4.69, 9.17) is 10.9 Å². The molecule has 104 valence electrons. The van der Waals surface area contributed by atoms with Gasteiger partial charge in [-0.15, -0.1) is 11.8 Å². The minimum Gasteiger partial charge on any atom is -0.409 e. The second-order valence-corrected chi connectivity index (χ2v) is 6.25. The van der Waals surface area contributed by atoms with E-state index in [0.29, 0.717) is 5.56 Å². The number of aryl methyl sites for hydroxylation is 1. The summed E-state index contributed by atoms with van der Waals surface area (Å²) in [7, 11) is 0. The monoisotopic (exact) mass is 350 g/mol. The van der Waals surface area contributed by atoms with Crippen LogP contribution in [0.5, 0.6) is 0 Å². The van der Waals surface area contributed by atoms with Gasteiger partial charge in [0.15, 0.2) is 5.84 Å². The van der Waals surface area contributed by atoms with Crippen molar-refractivity contribution in [3.8, 4) is 0 Å². The molecule has 2 aromatic rings. The van der Waals surface area contributed by atoms with E-state index in [1.807, 2.05) is 24.3 Å². The molecule has 2 rings (SSSR count). The fraction of sp³-hybridized carbons (Fsp3) is 0.133. The second kappa shape index (κ2) is 6.81. The van der Waals surface area contributed by atoms with Crippen LogP contribution in [0.3, 0.4) is 0 Å². The summed E-state index contributed by atoms with van der Waals surface area (Å²) in [5, 5.41) is 11.7. The highest BCUT2D eigenvalue weighted by Gasteiger charge is 2.07. The van der Waals surface area contributed by atoms with Crippen molar-refractivity contribution in [2.24, 2.45) is 10.9 Å². The summed E-state index contributed by atoms with van der Waals surface area (Å²) in [4.78, 5) is 1.13. The van der Waals surface area contributed by atoms with Gasteiger partial charge in [0.05, 0.1) is 0 Å². The van der Waals surface area contributed by atoms with E-state index in [1.54, 1.807) is 11.8 Å². The zero-order chi connectivity index (χ0) is 14.5. The van der Waals surface area contributed by atoms with Crippen LogP contribution in [-0.2, 0) is 5.75 Å². The van der Waals surface area contributed by atoms with Crippen molar-refractivity contribution in [3.05, 3.63) is 63.6 Å². The summed E-state index contributed by atoms with van der Waals surface area (Å²) in [6, 6.07) is 14.2. The predicted molar refractivity (Wildman–Crippen MR) is 87.4 cm³/mol. The van der Waals surface area contributed by atoms with Crippen LogP contribution in [0.2, 0.25) is 0 Å². The molecule has 5 heteroatoms. The van der Waals surface area contributed by atoms with Crippen LogP contribution in [0.4, 0.5) is 0 Å². The van der Waals surface area contributed by atoms with Gasteiger partial charge in [-0.05, 0) is 52.2 Å². The molecule has 0 aliphatic heterocycles. The maximum atomic E-state index is 8.70. The summed E-state index contributed by atoms with van der Waals surface area (Å²) < 4.78 is 0.822.